The Morgan fingerprint density at radius 3 is 2.37 bits per heavy atom. The fourth-order valence-electron chi connectivity index (χ4n) is 5.14. The van der Waals surface area contributed by atoms with Crippen molar-refractivity contribution in [2.24, 2.45) is 5.92 Å². The van der Waals surface area contributed by atoms with Crippen molar-refractivity contribution in [1.29, 1.82) is 0 Å². The number of unbranched alkanes of at least 4 members (excludes halogenated alkanes) is 1. The van der Waals surface area contributed by atoms with Gasteiger partial charge in [0.15, 0.2) is 0 Å². The molecule has 2 heterocycles. The van der Waals surface area contributed by atoms with Crippen molar-refractivity contribution in [3.05, 3.63) is 35.4 Å². The monoisotopic (exact) mass is 616 g/mol. The summed E-state index contributed by atoms with van der Waals surface area (Å²) in [5, 5.41) is 16.6. The number of Topliss-reactive ketones (excluding diaryl/α,β-unsaturated/α-hetero) is 1. The van der Waals surface area contributed by atoms with E-state index in [0.717, 1.165) is 29.7 Å². The Labute approximate surface area is 257 Å². The van der Waals surface area contributed by atoms with Crippen molar-refractivity contribution in [2.45, 2.75) is 89.2 Å². The van der Waals surface area contributed by atoms with Gasteiger partial charge in [0, 0.05) is 30.4 Å². The van der Waals surface area contributed by atoms with Crippen LogP contribution in [0.5, 0.6) is 0 Å². The van der Waals surface area contributed by atoms with Gasteiger partial charge in [-0.2, -0.15) is 11.8 Å². The van der Waals surface area contributed by atoms with Gasteiger partial charge in [0.1, 0.15) is 12.1 Å². The minimum atomic E-state index is -1.12. The fraction of sp³-hybridized carbons (Fsp3) is 0.600. The van der Waals surface area contributed by atoms with E-state index in [1.165, 1.54) is 0 Å². The van der Waals surface area contributed by atoms with E-state index in [-0.39, 0.29) is 55.9 Å². The zero-order valence-electron chi connectivity index (χ0n) is 25.3. The third kappa shape index (κ3) is 10.3. The molecule has 1 aromatic carbocycles. The number of nitrogens with one attached hydrogen (secondary N) is 6. The van der Waals surface area contributed by atoms with Crippen molar-refractivity contribution >= 4 is 47.2 Å². The second-order valence-corrected chi connectivity index (χ2v) is 12.7. The third-order valence-corrected chi connectivity index (χ3v) is 9.06. The van der Waals surface area contributed by atoms with E-state index >= 15 is 0 Å². The largest absolute Gasteiger partial charge is 0.350 e. The molecule has 0 spiro atoms. The highest BCUT2D eigenvalue weighted by Gasteiger charge is 2.42. The zero-order valence-corrected chi connectivity index (χ0v) is 26.1. The predicted octanol–water partition coefficient (Wildman–Crippen LogP) is 0.710. The third-order valence-electron chi connectivity index (χ3n) is 7.55. The quantitative estimate of drug-likeness (QED) is 0.0901. The van der Waals surface area contributed by atoms with Crippen LogP contribution in [0.1, 0.15) is 57.6 Å². The topological polar surface area (TPSA) is 175 Å². The lowest BCUT2D eigenvalue weighted by Gasteiger charge is -2.25. The summed E-state index contributed by atoms with van der Waals surface area (Å²) >= 11 is 1.83. The van der Waals surface area contributed by atoms with E-state index in [1.807, 2.05) is 43.0 Å². The summed E-state index contributed by atoms with van der Waals surface area (Å²) in [7, 11) is 0. The van der Waals surface area contributed by atoms with Gasteiger partial charge >= 0.3 is 6.03 Å². The number of fused-ring (bicyclic) bond motifs is 1. The van der Waals surface area contributed by atoms with E-state index in [1.54, 1.807) is 20.8 Å². The van der Waals surface area contributed by atoms with Crippen LogP contribution in [-0.4, -0.2) is 83.7 Å². The van der Waals surface area contributed by atoms with Crippen molar-refractivity contribution in [1.82, 2.24) is 31.9 Å². The first-order valence-corrected chi connectivity index (χ1v) is 16.0. The van der Waals surface area contributed by atoms with Crippen LogP contribution in [0, 0.1) is 12.8 Å². The summed E-state index contributed by atoms with van der Waals surface area (Å²) in [6.45, 7) is 7.11. The van der Waals surface area contributed by atoms with Gasteiger partial charge in [-0.05, 0) is 38.2 Å². The Morgan fingerprint density at radius 2 is 1.70 bits per heavy atom. The predicted molar refractivity (Wildman–Crippen MR) is 164 cm³/mol. The number of hydrogen-bond acceptors (Lipinski definition) is 7. The molecule has 5 atom stereocenters. The lowest BCUT2D eigenvalue weighted by molar-refractivity contribution is -0.140. The molecular weight excluding hydrogens is 572 g/mol. The maximum Gasteiger partial charge on any atom is 0.315 e. The van der Waals surface area contributed by atoms with Crippen LogP contribution < -0.4 is 31.9 Å². The number of amides is 6. The smallest absolute Gasteiger partial charge is 0.315 e. The van der Waals surface area contributed by atoms with Crippen LogP contribution in [0.15, 0.2) is 24.3 Å². The lowest BCUT2D eigenvalue weighted by atomic mass is 9.98. The summed E-state index contributed by atoms with van der Waals surface area (Å²) in [5.41, 5.74) is 1.81. The molecule has 6 N–H and O–H groups in total. The number of likely N-dealkylation sites (N-methyl/N-ethyl adjacent to an activating group) is 1. The Hall–Kier alpha value is -3.61. The fourth-order valence-corrected chi connectivity index (χ4v) is 6.68. The van der Waals surface area contributed by atoms with Crippen LogP contribution in [0.25, 0.3) is 0 Å². The Kier molecular flexibility index (Phi) is 12.8. The highest BCUT2D eigenvalue weighted by Crippen LogP contribution is 2.33. The van der Waals surface area contributed by atoms with Gasteiger partial charge < -0.3 is 31.9 Å². The molecule has 2 aliphatic heterocycles. The Morgan fingerprint density at radius 1 is 0.977 bits per heavy atom. The van der Waals surface area contributed by atoms with E-state index in [9.17, 15) is 28.8 Å². The highest BCUT2D eigenvalue weighted by molar-refractivity contribution is 8.00. The summed E-state index contributed by atoms with van der Waals surface area (Å²) in [6.07, 6.45) is 2.75. The van der Waals surface area contributed by atoms with Gasteiger partial charge in [-0.3, -0.25) is 24.0 Å². The van der Waals surface area contributed by atoms with Crippen molar-refractivity contribution in [3.63, 3.8) is 0 Å². The highest BCUT2D eigenvalue weighted by atomic mass is 32.2. The molecule has 2 saturated heterocycles. The normalized spacial score (nSPS) is 20.3. The van der Waals surface area contributed by atoms with E-state index in [0.29, 0.717) is 11.7 Å². The molecule has 1 aromatic rings. The maximum atomic E-state index is 13.2. The lowest BCUT2D eigenvalue weighted by Crippen LogP contribution is -2.57. The number of ketones is 1. The summed E-state index contributed by atoms with van der Waals surface area (Å²) < 4.78 is 0. The molecule has 6 amide bonds. The van der Waals surface area contributed by atoms with Gasteiger partial charge in [-0.1, -0.05) is 50.1 Å². The minimum absolute atomic E-state index is 0.114. The zero-order chi connectivity index (χ0) is 31.5. The van der Waals surface area contributed by atoms with E-state index < -0.39 is 35.6 Å². The average molecular weight is 617 g/mol. The number of thioether (sulfide) groups is 1. The molecule has 0 aromatic heterocycles. The molecule has 1 unspecified atom stereocenters. The van der Waals surface area contributed by atoms with Crippen LogP contribution >= 0.6 is 11.8 Å². The van der Waals surface area contributed by atoms with Crippen molar-refractivity contribution < 1.29 is 28.8 Å². The molecule has 0 bridgehead atoms. The molecule has 2 fully saturated rings. The number of benzene rings is 1. The van der Waals surface area contributed by atoms with Gasteiger partial charge in [0.25, 0.3) is 5.91 Å². The van der Waals surface area contributed by atoms with Crippen LogP contribution in [0.2, 0.25) is 0 Å². The van der Waals surface area contributed by atoms with Gasteiger partial charge in [-0.15, -0.1) is 0 Å². The molecule has 0 radical (unpaired) electrons. The van der Waals surface area contributed by atoms with E-state index in [2.05, 4.69) is 31.9 Å². The maximum absolute atomic E-state index is 13.2. The molecular formula is C30H44N6O6S. The first kappa shape index (κ1) is 33.9. The summed E-state index contributed by atoms with van der Waals surface area (Å²) in [5.74, 6) is -2.40. The van der Waals surface area contributed by atoms with Crippen molar-refractivity contribution in [3.8, 4) is 0 Å². The van der Waals surface area contributed by atoms with Crippen LogP contribution in [0.3, 0.4) is 0 Å². The molecule has 3 rings (SSSR count). The Balaban J connectivity index is 1.46. The molecule has 2 aliphatic rings. The SMILES string of the molecule is CCNC(=O)C(=O)[C@H](Cc1ccc(C)cc1)NC(=O)[C@@H](NC(=O)CNC(=O)CCCCC1SC[C@@H]2NC(=O)N[C@H]12)C(C)C. The van der Waals surface area contributed by atoms with Crippen LogP contribution in [-0.2, 0) is 30.4 Å². The summed E-state index contributed by atoms with van der Waals surface area (Å²) in [4.78, 5) is 75.0. The number of hydrogen-bond donors (Lipinski definition) is 6. The number of carbonyl (C=O) groups excluding carboxylic acids is 6. The number of rotatable bonds is 16. The number of aryl methyl sites for hydroxylation is 1. The second-order valence-electron chi connectivity index (χ2n) is 11.4. The number of urea groups is 1. The minimum Gasteiger partial charge on any atom is -0.350 e. The van der Waals surface area contributed by atoms with Gasteiger partial charge in [0.2, 0.25) is 23.5 Å². The molecule has 43 heavy (non-hydrogen) atoms. The molecule has 12 nitrogen and oxygen atoms in total. The van der Waals surface area contributed by atoms with Gasteiger partial charge in [0.05, 0.1) is 18.6 Å². The summed E-state index contributed by atoms with van der Waals surface area (Å²) in [6, 6.07) is 5.51. The van der Waals surface area contributed by atoms with Gasteiger partial charge in [-0.25, -0.2) is 4.79 Å². The van der Waals surface area contributed by atoms with E-state index in [4.69, 9.17) is 0 Å². The van der Waals surface area contributed by atoms with Crippen molar-refractivity contribution in [2.75, 3.05) is 18.8 Å². The molecule has 13 heteroatoms. The average Bonchev–Trinajstić information content (AvgIpc) is 3.52. The first-order chi connectivity index (χ1) is 20.5. The number of carbonyl (C=O) groups is 6. The standard InChI is InChI=1S/C30H44N6O6S/c1-5-31-29(41)27(39)20(14-19-12-10-18(4)11-13-19)33-28(40)25(17(2)3)35-24(38)15-32-23(37)9-7-6-8-22-26-21(16-43-22)34-30(42)36-26/h10-13,17,20-22,25-26H,5-9,14-16H2,1-4H3,(H,31,41)(H,32,37)(H,33,40)(H,35,38)(H2,34,36,42)/t20-,21-,22?,25-,26-/m0/s1. The molecule has 236 valence electrons. The molecule has 0 saturated carbocycles. The second kappa shape index (κ2) is 16.3. The van der Waals surface area contributed by atoms with Crippen LogP contribution in [0.4, 0.5) is 4.79 Å². The first-order valence-electron chi connectivity index (χ1n) is 14.9. The Bertz CT molecular complexity index is 1180. The molecule has 0 aliphatic carbocycles.